The first-order valence-electron chi connectivity index (χ1n) is 15.4. The number of carbonyl (C=O) groups excluding carboxylic acids is 3. The number of aliphatic hydroxyl groups is 1. The molecule has 1 fully saturated rings. The lowest BCUT2D eigenvalue weighted by Gasteiger charge is -2.23. The van der Waals surface area contributed by atoms with Crippen molar-refractivity contribution in [1.29, 1.82) is 0 Å². The van der Waals surface area contributed by atoms with Crippen LogP contribution < -0.4 is 14.4 Å². The number of aryl methyl sites for hydroxylation is 2. The monoisotopic (exact) mass is 672 g/mol. The van der Waals surface area contributed by atoms with Gasteiger partial charge < -0.3 is 19.3 Å². The third kappa shape index (κ3) is 7.00. The van der Waals surface area contributed by atoms with E-state index >= 15 is 0 Å². The Bertz CT molecular complexity index is 2070. The topological polar surface area (TPSA) is 115 Å². The van der Waals surface area contributed by atoms with Crippen LogP contribution in [0.4, 0.5) is 5.13 Å². The molecule has 6 rings (SSSR count). The Labute approximate surface area is 287 Å². The number of hydrogen-bond donors (Lipinski definition) is 1. The van der Waals surface area contributed by atoms with Crippen molar-refractivity contribution >= 4 is 39.9 Å². The Balaban J connectivity index is 1.42. The smallest absolute Gasteiger partial charge is 0.350 e. The van der Waals surface area contributed by atoms with E-state index in [1.54, 1.807) is 68.4 Å². The van der Waals surface area contributed by atoms with Crippen molar-refractivity contribution in [2.75, 3.05) is 11.5 Å². The van der Waals surface area contributed by atoms with Crippen LogP contribution in [0.5, 0.6) is 17.2 Å². The summed E-state index contributed by atoms with van der Waals surface area (Å²) in [6.07, 6.45) is 1.45. The molecule has 0 radical (unpaired) electrons. The summed E-state index contributed by atoms with van der Waals surface area (Å²) in [5.74, 6) is -1.16. The Hall–Kier alpha value is -6.00. The van der Waals surface area contributed by atoms with E-state index in [2.05, 4.69) is 11.6 Å². The maximum Gasteiger partial charge on any atom is 0.350 e. The predicted molar refractivity (Wildman–Crippen MR) is 187 cm³/mol. The number of nitrogens with zero attached hydrogens (tertiary/aromatic N) is 2. The lowest BCUT2D eigenvalue weighted by molar-refractivity contribution is -0.132. The molecule has 1 amide bonds. The quantitative estimate of drug-likeness (QED) is 0.0492. The number of ketones is 1. The normalized spacial score (nSPS) is 15.2. The van der Waals surface area contributed by atoms with E-state index in [0.29, 0.717) is 46.2 Å². The van der Waals surface area contributed by atoms with Crippen LogP contribution in [0.1, 0.15) is 43.7 Å². The third-order valence-corrected chi connectivity index (χ3v) is 8.94. The zero-order valence-corrected chi connectivity index (χ0v) is 27.6. The molecule has 246 valence electrons. The van der Waals surface area contributed by atoms with Crippen molar-refractivity contribution in [2.24, 2.45) is 0 Å². The van der Waals surface area contributed by atoms with Crippen LogP contribution in [0.15, 0.2) is 121 Å². The second kappa shape index (κ2) is 14.4. The molecule has 1 aliphatic heterocycles. The largest absolute Gasteiger partial charge is 0.507 e. The van der Waals surface area contributed by atoms with Gasteiger partial charge in [0, 0.05) is 5.56 Å². The Morgan fingerprint density at radius 2 is 1.63 bits per heavy atom. The average molecular weight is 673 g/mol. The molecule has 49 heavy (non-hydrogen) atoms. The number of rotatable bonds is 11. The van der Waals surface area contributed by atoms with Crippen LogP contribution in [-0.4, -0.2) is 34.4 Å². The molecule has 2 heterocycles. The zero-order valence-electron chi connectivity index (χ0n) is 26.8. The van der Waals surface area contributed by atoms with Crippen LogP contribution in [0.3, 0.4) is 0 Å². The highest BCUT2D eigenvalue weighted by Crippen LogP contribution is 2.45. The molecule has 9 nitrogen and oxygen atoms in total. The van der Waals surface area contributed by atoms with Gasteiger partial charge in [-0.25, -0.2) is 9.78 Å². The Morgan fingerprint density at radius 3 is 2.35 bits per heavy atom. The summed E-state index contributed by atoms with van der Waals surface area (Å²) < 4.78 is 17.3. The fourth-order valence-corrected chi connectivity index (χ4v) is 6.46. The van der Waals surface area contributed by atoms with E-state index in [1.807, 2.05) is 48.5 Å². The van der Waals surface area contributed by atoms with Crippen LogP contribution in [-0.2, 0) is 20.9 Å². The van der Waals surface area contributed by atoms with Gasteiger partial charge in [-0.15, -0.1) is 0 Å². The second-order valence-electron chi connectivity index (χ2n) is 11.2. The number of para-hydroxylation sites is 1. The van der Waals surface area contributed by atoms with Gasteiger partial charge in [-0.05, 0) is 73.0 Å². The molecule has 1 N–H and O–H groups in total. The number of hydrogen-bond acceptors (Lipinski definition) is 9. The number of amides is 1. The molecule has 5 aromatic rings. The number of aliphatic hydroxyl groups excluding tert-OH is 1. The van der Waals surface area contributed by atoms with E-state index < -0.39 is 23.7 Å². The molecule has 0 saturated carbocycles. The van der Waals surface area contributed by atoms with Gasteiger partial charge in [0.2, 0.25) is 0 Å². The Morgan fingerprint density at radius 1 is 0.918 bits per heavy atom. The molecule has 0 bridgehead atoms. The van der Waals surface area contributed by atoms with Crippen molar-refractivity contribution in [1.82, 2.24) is 4.98 Å². The van der Waals surface area contributed by atoms with Crippen LogP contribution in [0.25, 0.3) is 5.76 Å². The Kier molecular flexibility index (Phi) is 9.68. The molecule has 0 aliphatic carbocycles. The molecular weight excluding hydrogens is 641 g/mol. The highest BCUT2D eigenvalue weighted by molar-refractivity contribution is 7.17. The first-order valence-corrected chi connectivity index (χ1v) is 16.2. The van der Waals surface area contributed by atoms with Crippen LogP contribution >= 0.6 is 11.3 Å². The second-order valence-corrected chi connectivity index (χ2v) is 12.2. The summed E-state index contributed by atoms with van der Waals surface area (Å²) in [5, 5.41) is 11.9. The molecular formula is C39H32N2O7S. The highest BCUT2D eigenvalue weighted by Gasteiger charge is 2.48. The molecule has 1 aliphatic rings. The van der Waals surface area contributed by atoms with Gasteiger partial charge in [-0.1, -0.05) is 84.7 Å². The lowest BCUT2D eigenvalue weighted by atomic mass is 9.94. The van der Waals surface area contributed by atoms with E-state index in [-0.39, 0.29) is 27.9 Å². The minimum atomic E-state index is -1.10. The van der Waals surface area contributed by atoms with Crippen molar-refractivity contribution < 1.29 is 33.7 Å². The predicted octanol–water partition coefficient (Wildman–Crippen LogP) is 8.10. The summed E-state index contributed by atoms with van der Waals surface area (Å²) in [4.78, 5) is 46.4. The van der Waals surface area contributed by atoms with E-state index in [1.165, 1.54) is 11.0 Å². The maximum atomic E-state index is 13.9. The fraction of sp³-hybridized carbons (Fsp3) is 0.128. The van der Waals surface area contributed by atoms with E-state index in [4.69, 9.17) is 14.2 Å². The zero-order chi connectivity index (χ0) is 34.5. The number of Topliss-reactive ketones (excluding diaryl/α,β-unsaturated/α-hetero) is 1. The standard InChI is InChI=1S/C39H32N2O7S/c1-4-20-46-38(45)36-25(3)40-39(49-36)41-33(27-14-11-17-30(22-27)48-28-15-9-6-10-16-28)32(35(43)37(41)44)34(42)31-19-18-29(21-24(31)2)47-23-26-12-7-5-8-13-26/h4-19,21-22,33,42H,1,20,23H2,2-3H3/b34-32+. The van der Waals surface area contributed by atoms with Crippen LogP contribution in [0, 0.1) is 13.8 Å². The summed E-state index contributed by atoms with van der Waals surface area (Å²) in [6.45, 7) is 7.33. The first kappa shape index (κ1) is 32.9. The van der Waals surface area contributed by atoms with Crippen molar-refractivity contribution in [3.63, 3.8) is 0 Å². The van der Waals surface area contributed by atoms with Gasteiger partial charge in [0.15, 0.2) is 5.13 Å². The third-order valence-electron chi connectivity index (χ3n) is 7.81. The number of esters is 1. The minimum absolute atomic E-state index is 0.000334. The maximum absolute atomic E-state index is 13.9. The molecule has 1 saturated heterocycles. The summed E-state index contributed by atoms with van der Waals surface area (Å²) in [6, 6.07) is 29.9. The molecule has 10 heteroatoms. The van der Waals surface area contributed by atoms with Crippen molar-refractivity contribution in [3.05, 3.63) is 154 Å². The number of aromatic nitrogens is 1. The van der Waals surface area contributed by atoms with Crippen molar-refractivity contribution in [3.8, 4) is 17.2 Å². The fourth-order valence-electron chi connectivity index (χ4n) is 5.47. The minimum Gasteiger partial charge on any atom is -0.507 e. The number of anilines is 1. The molecule has 4 aromatic carbocycles. The summed E-state index contributed by atoms with van der Waals surface area (Å²) in [5.41, 5.74) is 2.67. The highest BCUT2D eigenvalue weighted by atomic mass is 32.1. The first-order chi connectivity index (χ1) is 23.7. The average Bonchev–Trinajstić information content (AvgIpc) is 3.62. The van der Waals surface area contributed by atoms with E-state index in [9.17, 15) is 19.5 Å². The van der Waals surface area contributed by atoms with Gasteiger partial charge in [0.25, 0.3) is 5.78 Å². The number of thiazole rings is 1. The summed E-state index contributed by atoms with van der Waals surface area (Å²) >= 11 is 0.926. The SMILES string of the molecule is C=CCOC(=O)c1sc(N2C(=O)C(=O)/C(=C(/O)c3ccc(OCc4ccccc4)cc3C)C2c2cccc(Oc3ccccc3)c2)nc1C. The van der Waals surface area contributed by atoms with Gasteiger partial charge >= 0.3 is 11.9 Å². The van der Waals surface area contributed by atoms with E-state index in [0.717, 1.165) is 16.9 Å². The molecule has 1 unspecified atom stereocenters. The van der Waals surface area contributed by atoms with Gasteiger partial charge in [-0.3, -0.25) is 14.5 Å². The molecule has 0 spiro atoms. The number of carbonyl (C=O) groups is 3. The van der Waals surface area contributed by atoms with Gasteiger partial charge in [0.1, 0.15) is 41.1 Å². The van der Waals surface area contributed by atoms with Gasteiger partial charge in [0.05, 0.1) is 17.3 Å². The van der Waals surface area contributed by atoms with Gasteiger partial charge in [-0.2, -0.15) is 0 Å². The van der Waals surface area contributed by atoms with Crippen molar-refractivity contribution in [2.45, 2.75) is 26.5 Å². The number of benzene rings is 4. The number of ether oxygens (including phenoxy) is 3. The molecule has 1 aromatic heterocycles. The summed E-state index contributed by atoms with van der Waals surface area (Å²) in [7, 11) is 0. The van der Waals surface area contributed by atoms with Crippen LogP contribution in [0.2, 0.25) is 0 Å². The molecule has 1 atom stereocenters. The lowest BCUT2D eigenvalue weighted by Crippen LogP contribution is -2.29.